The van der Waals surface area contributed by atoms with Crippen molar-refractivity contribution in [3.63, 3.8) is 0 Å². The first-order valence-corrected chi connectivity index (χ1v) is 12.8. The molecule has 2 atom stereocenters. The molecule has 4 rings (SSSR count). The second-order valence-corrected chi connectivity index (χ2v) is 11.0. The van der Waals surface area contributed by atoms with E-state index >= 15 is 0 Å². The smallest absolute Gasteiger partial charge is 0.151 e. The number of hydrogen-bond acceptors (Lipinski definition) is 4. The first-order chi connectivity index (χ1) is 14.0. The van der Waals surface area contributed by atoms with Gasteiger partial charge in [-0.2, -0.15) is 0 Å². The van der Waals surface area contributed by atoms with Crippen molar-refractivity contribution in [3.8, 4) is 0 Å². The molecule has 1 aliphatic heterocycles. The van der Waals surface area contributed by atoms with Crippen LogP contribution in [0.4, 0.5) is 0 Å². The Morgan fingerprint density at radius 1 is 0.966 bits per heavy atom. The third kappa shape index (κ3) is 6.14. The number of sulfone groups is 1. The van der Waals surface area contributed by atoms with Gasteiger partial charge in [-0.15, -0.1) is 0 Å². The summed E-state index contributed by atoms with van der Waals surface area (Å²) in [5, 5.41) is 3.80. The van der Waals surface area contributed by atoms with Gasteiger partial charge in [-0.3, -0.25) is 4.90 Å². The van der Waals surface area contributed by atoms with Crippen LogP contribution in [0.15, 0.2) is 54.6 Å². The van der Waals surface area contributed by atoms with Gasteiger partial charge in [0.05, 0.1) is 5.75 Å². The van der Waals surface area contributed by atoms with Crippen LogP contribution in [0, 0.1) is 5.92 Å². The van der Waals surface area contributed by atoms with Crippen molar-refractivity contribution in [2.75, 3.05) is 25.9 Å². The maximum Gasteiger partial charge on any atom is 0.151 e. The zero-order chi connectivity index (χ0) is 20.3. The summed E-state index contributed by atoms with van der Waals surface area (Å²) >= 11 is 0. The molecular weight excluding hydrogens is 380 g/mol. The maximum atomic E-state index is 11.4. The Hall–Kier alpha value is -1.69. The first-order valence-electron chi connectivity index (χ1n) is 10.7. The van der Waals surface area contributed by atoms with Crippen molar-refractivity contribution >= 4 is 9.84 Å². The Kier molecular flexibility index (Phi) is 6.38. The molecule has 1 N–H and O–H groups in total. The highest BCUT2D eigenvalue weighted by atomic mass is 32.2. The summed E-state index contributed by atoms with van der Waals surface area (Å²) in [5.74, 6) is 1.61. The number of rotatable bonds is 8. The lowest BCUT2D eigenvalue weighted by Gasteiger charge is -2.32. The molecule has 4 nitrogen and oxygen atoms in total. The fourth-order valence-corrected chi connectivity index (χ4v) is 5.26. The zero-order valence-corrected chi connectivity index (χ0v) is 18.1. The summed E-state index contributed by atoms with van der Waals surface area (Å²) in [6.07, 6.45) is 5.06. The van der Waals surface area contributed by atoms with Crippen LogP contribution in [0.2, 0.25) is 0 Å². The van der Waals surface area contributed by atoms with Gasteiger partial charge in [0.15, 0.2) is 9.84 Å². The minimum Gasteiger partial charge on any atom is -0.313 e. The van der Waals surface area contributed by atoms with Crippen molar-refractivity contribution in [2.45, 2.75) is 43.5 Å². The van der Waals surface area contributed by atoms with Crippen LogP contribution in [0.5, 0.6) is 0 Å². The predicted octanol–water partition coefficient (Wildman–Crippen LogP) is 3.59. The molecule has 2 aliphatic rings. The summed E-state index contributed by atoms with van der Waals surface area (Å²) in [6.45, 7) is 4.38. The van der Waals surface area contributed by atoms with E-state index in [-0.39, 0.29) is 5.75 Å². The molecule has 1 heterocycles. The van der Waals surface area contributed by atoms with Gasteiger partial charge >= 0.3 is 0 Å². The third-order valence-electron chi connectivity index (χ3n) is 6.25. The van der Waals surface area contributed by atoms with Crippen LogP contribution < -0.4 is 5.32 Å². The largest absolute Gasteiger partial charge is 0.313 e. The maximum absolute atomic E-state index is 11.4. The fraction of sp³-hybridized carbons (Fsp3) is 0.500. The number of likely N-dealkylation sites (tertiary alicyclic amines) is 1. The molecule has 5 heteroatoms. The van der Waals surface area contributed by atoms with E-state index in [0.29, 0.717) is 12.0 Å². The van der Waals surface area contributed by atoms with Gasteiger partial charge in [0, 0.05) is 24.8 Å². The van der Waals surface area contributed by atoms with Gasteiger partial charge < -0.3 is 5.32 Å². The second kappa shape index (κ2) is 8.99. The molecule has 29 heavy (non-hydrogen) atoms. The fourth-order valence-electron chi connectivity index (χ4n) is 4.46. The van der Waals surface area contributed by atoms with Crippen molar-refractivity contribution in [1.29, 1.82) is 0 Å². The van der Waals surface area contributed by atoms with Crippen LogP contribution in [0.3, 0.4) is 0 Å². The highest BCUT2D eigenvalue weighted by Crippen LogP contribution is 2.40. The monoisotopic (exact) mass is 412 g/mol. The molecule has 0 radical (unpaired) electrons. The number of hydrogen-bond donors (Lipinski definition) is 1. The molecular formula is C24H32N2O2S. The summed E-state index contributed by atoms with van der Waals surface area (Å²) in [4.78, 5) is 2.52. The van der Waals surface area contributed by atoms with E-state index in [4.69, 9.17) is 0 Å². The lowest BCUT2D eigenvalue weighted by atomic mass is 9.96. The topological polar surface area (TPSA) is 49.4 Å². The number of nitrogens with one attached hydrogen (secondary N) is 1. The van der Waals surface area contributed by atoms with E-state index in [1.807, 2.05) is 12.1 Å². The molecule has 0 amide bonds. The summed E-state index contributed by atoms with van der Waals surface area (Å²) < 4.78 is 22.8. The van der Waals surface area contributed by atoms with E-state index < -0.39 is 9.84 Å². The van der Waals surface area contributed by atoms with E-state index in [0.717, 1.165) is 37.7 Å². The van der Waals surface area contributed by atoms with Crippen molar-refractivity contribution < 1.29 is 8.42 Å². The molecule has 2 fully saturated rings. The summed E-state index contributed by atoms with van der Waals surface area (Å²) in [7, 11) is -2.97. The van der Waals surface area contributed by atoms with Gasteiger partial charge in [-0.1, -0.05) is 54.6 Å². The highest BCUT2D eigenvalue weighted by molar-refractivity contribution is 7.89. The Morgan fingerprint density at radius 3 is 2.28 bits per heavy atom. The van der Waals surface area contributed by atoms with Crippen LogP contribution >= 0.6 is 0 Å². The summed E-state index contributed by atoms with van der Waals surface area (Å²) in [6, 6.07) is 19.6. The molecule has 1 saturated heterocycles. The SMILES string of the molecule is CS(=O)(=O)Cc1ccc(CN2CCC(CN[C@@H]3C[C@H]3c3ccccc3)CC2)cc1. The van der Waals surface area contributed by atoms with Gasteiger partial charge in [0.2, 0.25) is 0 Å². The highest BCUT2D eigenvalue weighted by Gasteiger charge is 2.38. The Bertz CT molecular complexity index is 888. The van der Waals surface area contributed by atoms with Crippen LogP contribution in [0.25, 0.3) is 0 Å². The number of nitrogens with zero attached hydrogens (tertiary/aromatic N) is 1. The quantitative estimate of drug-likeness (QED) is 0.720. The van der Waals surface area contributed by atoms with Crippen LogP contribution in [-0.2, 0) is 22.1 Å². The molecule has 0 unspecified atom stereocenters. The lowest BCUT2D eigenvalue weighted by Crippen LogP contribution is -2.37. The number of piperidine rings is 1. The van der Waals surface area contributed by atoms with Crippen LogP contribution in [0.1, 0.15) is 41.9 Å². The second-order valence-electron chi connectivity index (χ2n) is 8.87. The third-order valence-corrected chi connectivity index (χ3v) is 7.11. The lowest BCUT2D eigenvalue weighted by molar-refractivity contribution is 0.175. The van der Waals surface area contributed by atoms with Gasteiger partial charge in [-0.05, 0) is 61.5 Å². The Morgan fingerprint density at radius 2 is 1.62 bits per heavy atom. The van der Waals surface area contributed by atoms with Crippen molar-refractivity contribution in [3.05, 3.63) is 71.3 Å². The molecule has 1 aliphatic carbocycles. The van der Waals surface area contributed by atoms with E-state index in [2.05, 4.69) is 52.7 Å². The van der Waals surface area contributed by atoms with Crippen molar-refractivity contribution in [1.82, 2.24) is 10.2 Å². The van der Waals surface area contributed by atoms with Gasteiger partial charge in [0.25, 0.3) is 0 Å². The molecule has 156 valence electrons. The van der Waals surface area contributed by atoms with Crippen LogP contribution in [-0.4, -0.2) is 45.2 Å². The molecule has 1 saturated carbocycles. The number of benzene rings is 2. The van der Waals surface area contributed by atoms with E-state index in [1.54, 1.807) is 0 Å². The minimum atomic E-state index is -2.97. The average Bonchev–Trinajstić information content (AvgIpc) is 3.48. The molecule has 2 aromatic rings. The molecule has 0 aromatic heterocycles. The van der Waals surface area contributed by atoms with E-state index in [1.165, 1.54) is 36.6 Å². The van der Waals surface area contributed by atoms with Crippen molar-refractivity contribution in [2.24, 2.45) is 5.92 Å². The Labute approximate surface area is 175 Å². The van der Waals surface area contributed by atoms with Gasteiger partial charge in [-0.25, -0.2) is 8.42 Å². The Balaban J connectivity index is 1.16. The van der Waals surface area contributed by atoms with E-state index in [9.17, 15) is 8.42 Å². The molecule has 2 aromatic carbocycles. The van der Waals surface area contributed by atoms with Gasteiger partial charge in [0.1, 0.15) is 0 Å². The first kappa shape index (κ1) is 20.6. The molecule has 0 spiro atoms. The molecule has 0 bridgehead atoms. The standard InChI is InChI=1S/C24H32N2O2S/c1-29(27,28)18-21-9-7-20(8-10-21)17-26-13-11-19(12-14-26)16-25-24-15-23(24)22-5-3-2-4-6-22/h2-10,19,23-25H,11-18H2,1H3/t23-,24+/m0/s1. The normalized spacial score (nSPS) is 23.2. The minimum absolute atomic E-state index is 0.123. The zero-order valence-electron chi connectivity index (χ0n) is 17.3. The predicted molar refractivity (Wildman–Crippen MR) is 119 cm³/mol. The average molecular weight is 413 g/mol. The summed E-state index contributed by atoms with van der Waals surface area (Å²) in [5.41, 5.74) is 3.61.